The summed E-state index contributed by atoms with van der Waals surface area (Å²) in [6, 6.07) is 0. The van der Waals surface area contributed by atoms with Gasteiger partial charge in [0.15, 0.2) is 0 Å². The first-order valence-electron chi connectivity index (χ1n) is 5.85. The molecule has 0 aliphatic carbocycles. The summed E-state index contributed by atoms with van der Waals surface area (Å²) in [6.07, 6.45) is 1.43. The van der Waals surface area contributed by atoms with Crippen molar-refractivity contribution in [1.29, 1.82) is 0 Å². The van der Waals surface area contributed by atoms with E-state index in [1.165, 1.54) is 0 Å². The molecule has 0 bridgehead atoms. The number of hydrogen-bond donors (Lipinski definition) is 2. The van der Waals surface area contributed by atoms with Gasteiger partial charge in [-0.25, -0.2) is 13.1 Å². The summed E-state index contributed by atoms with van der Waals surface area (Å²) in [6.45, 7) is 6.42. The Labute approximate surface area is 98.0 Å². The van der Waals surface area contributed by atoms with Gasteiger partial charge in [-0.15, -0.1) is 0 Å². The van der Waals surface area contributed by atoms with Gasteiger partial charge in [-0.2, -0.15) is 0 Å². The average Bonchev–Trinajstić information content (AvgIpc) is 2.28. The molecular weight excluding hydrogens is 228 g/mol. The third-order valence-corrected chi connectivity index (χ3v) is 4.40. The maximum atomic E-state index is 11.5. The van der Waals surface area contributed by atoms with Crippen molar-refractivity contribution >= 4 is 10.0 Å². The van der Waals surface area contributed by atoms with Crippen LogP contribution in [0.15, 0.2) is 0 Å². The molecule has 5 nitrogen and oxygen atoms in total. The van der Waals surface area contributed by atoms with E-state index in [4.69, 9.17) is 4.74 Å². The number of hydrogen-bond acceptors (Lipinski definition) is 4. The zero-order chi connectivity index (χ0) is 12.1. The molecule has 1 atom stereocenters. The van der Waals surface area contributed by atoms with Crippen LogP contribution in [0.5, 0.6) is 0 Å². The summed E-state index contributed by atoms with van der Waals surface area (Å²) in [5, 5.41) is 3.24. The topological polar surface area (TPSA) is 67.4 Å². The third-order valence-electron chi connectivity index (χ3n) is 2.87. The van der Waals surface area contributed by atoms with Gasteiger partial charge in [0.05, 0.1) is 18.0 Å². The molecule has 0 saturated carbocycles. The molecule has 16 heavy (non-hydrogen) atoms. The molecular formula is C10H22N2O3S. The number of ether oxygens (including phenoxy) is 1. The lowest BCUT2D eigenvalue weighted by Gasteiger charge is -2.37. The van der Waals surface area contributed by atoms with Crippen molar-refractivity contribution in [2.24, 2.45) is 0 Å². The van der Waals surface area contributed by atoms with E-state index >= 15 is 0 Å². The van der Waals surface area contributed by atoms with Gasteiger partial charge in [0.2, 0.25) is 10.0 Å². The van der Waals surface area contributed by atoms with Crippen molar-refractivity contribution in [2.45, 2.75) is 32.3 Å². The van der Waals surface area contributed by atoms with Gasteiger partial charge in [-0.3, -0.25) is 0 Å². The molecule has 1 unspecified atom stereocenters. The number of nitrogens with one attached hydrogen (secondary N) is 2. The molecule has 2 N–H and O–H groups in total. The maximum Gasteiger partial charge on any atom is 0.211 e. The quantitative estimate of drug-likeness (QED) is 0.701. The van der Waals surface area contributed by atoms with Crippen LogP contribution in [-0.4, -0.2) is 46.0 Å². The minimum atomic E-state index is -3.14. The molecule has 1 aliphatic heterocycles. The number of rotatable bonds is 6. The summed E-state index contributed by atoms with van der Waals surface area (Å²) in [7, 11) is -3.14. The second-order valence-electron chi connectivity index (χ2n) is 4.20. The lowest BCUT2D eigenvalue weighted by atomic mass is 10.00. The minimum absolute atomic E-state index is 0.181. The van der Waals surface area contributed by atoms with Crippen LogP contribution < -0.4 is 10.0 Å². The molecule has 0 aromatic carbocycles. The molecule has 0 aromatic rings. The highest BCUT2D eigenvalue weighted by atomic mass is 32.2. The van der Waals surface area contributed by atoms with E-state index in [-0.39, 0.29) is 11.4 Å². The maximum absolute atomic E-state index is 11.5. The van der Waals surface area contributed by atoms with Gasteiger partial charge in [0.1, 0.15) is 0 Å². The van der Waals surface area contributed by atoms with E-state index in [1.54, 1.807) is 0 Å². The molecule has 0 aromatic heterocycles. The summed E-state index contributed by atoms with van der Waals surface area (Å²) in [4.78, 5) is 0. The second-order valence-corrected chi connectivity index (χ2v) is 6.13. The molecule has 0 amide bonds. The van der Waals surface area contributed by atoms with E-state index in [2.05, 4.69) is 10.0 Å². The highest BCUT2D eigenvalue weighted by Crippen LogP contribution is 2.17. The Morgan fingerprint density at radius 3 is 2.69 bits per heavy atom. The fourth-order valence-electron chi connectivity index (χ4n) is 1.75. The number of sulfonamides is 1. The van der Waals surface area contributed by atoms with Crippen molar-refractivity contribution in [2.75, 3.05) is 32.0 Å². The van der Waals surface area contributed by atoms with Crippen LogP contribution in [0, 0.1) is 0 Å². The van der Waals surface area contributed by atoms with Gasteiger partial charge in [-0.05, 0) is 12.8 Å². The van der Waals surface area contributed by atoms with Gasteiger partial charge >= 0.3 is 0 Å². The lowest BCUT2D eigenvalue weighted by Crippen LogP contribution is -2.55. The van der Waals surface area contributed by atoms with Crippen molar-refractivity contribution in [3.63, 3.8) is 0 Å². The minimum Gasteiger partial charge on any atom is -0.371 e. The van der Waals surface area contributed by atoms with Crippen LogP contribution >= 0.6 is 0 Å². The van der Waals surface area contributed by atoms with Crippen LogP contribution in [-0.2, 0) is 14.8 Å². The van der Waals surface area contributed by atoms with E-state index in [0.717, 1.165) is 13.0 Å². The van der Waals surface area contributed by atoms with E-state index in [0.29, 0.717) is 26.1 Å². The predicted molar refractivity (Wildman–Crippen MR) is 63.9 cm³/mol. The normalized spacial score (nSPS) is 26.9. The molecule has 0 radical (unpaired) electrons. The molecule has 0 spiro atoms. The van der Waals surface area contributed by atoms with Crippen molar-refractivity contribution in [1.82, 2.24) is 10.0 Å². The third kappa shape index (κ3) is 4.01. The van der Waals surface area contributed by atoms with Gasteiger partial charge < -0.3 is 10.1 Å². The molecule has 6 heteroatoms. The average molecular weight is 250 g/mol. The fourth-order valence-corrected chi connectivity index (χ4v) is 2.92. The van der Waals surface area contributed by atoms with Crippen LogP contribution in [0.1, 0.15) is 26.7 Å². The molecule has 1 fully saturated rings. The van der Waals surface area contributed by atoms with Crippen molar-refractivity contribution in [3.05, 3.63) is 0 Å². The molecule has 1 rings (SSSR count). The molecule has 1 saturated heterocycles. The van der Waals surface area contributed by atoms with E-state index in [1.807, 2.05) is 13.8 Å². The van der Waals surface area contributed by atoms with Crippen LogP contribution in [0.2, 0.25) is 0 Å². The monoisotopic (exact) mass is 250 g/mol. The summed E-state index contributed by atoms with van der Waals surface area (Å²) < 4.78 is 31.4. The van der Waals surface area contributed by atoms with Crippen molar-refractivity contribution < 1.29 is 13.2 Å². The Balaban J connectivity index is 2.50. The highest BCUT2D eigenvalue weighted by Gasteiger charge is 2.32. The molecule has 1 heterocycles. The zero-order valence-electron chi connectivity index (χ0n) is 10.1. The number of morpholine rings is 1. The van der Waals surface area contributed by atoms with Gasteiger partial charge in [0, 0.05) is 19.6 Å². The van der Waals surface area contributed by atoms with Gasteiger partial charge in [-0.1, -0.05) is 13.8 Å². The Morgan fingerprint density at radius 1 is 1.44 bits per heavy atom. The molecule has 96 valence electrons. The van der Waals surface area contributed by atoms with Crippen molar-refractivity contribution in [3.8, 4) is 0 Å². The van der Waals surface area contributed by atoms with Crippen LogP contribution in [0.3, 0.4) is 0 Å². The SMILES string of the molecule is CCCS(=O)(=O)NCC1(CC)CNCCO1. The standard InChI is InChI=1S/C10H22N2O3S/c1-3-7-16(13,14)12-9-10(4-2)8-11-5-6-15-10/h11-12H,3-9H2,1-2H3. The first-order valence-corrected chi connectivity index (χ1v) is 7.51. The second kappa shape index (κ2) is 5.95. The lowest BCUT2D eigenvalue weighted by molar-refractivity contribution is -0.0634. The fraction of sp³-hybridized carbons (Fsp3) is 1.00. The van der Waals surface area contributed by atoms with E-state index < -0.39 is 10.0 Å². The zero-order valence-corrected chi connectivity index (χ0v) is 10.9. The highest BCUT2D eigenvalue weighted by molar-refractivity contribution is 7.89. The molecule has 1 aliphatic rings. The summed E-state index contributed by atoms with van der Waals surface area (Å²) >= 11 is 0. The predicted octanol–water partition coefficient (Wildman–Crippen LogP) is 0.0844. The Kier molecular flexibility index (Phi) is 5.17. The summed E-state index contributed by atoms with van der Waals surface area (Å²) in [5.41, 5.74) is -0.376. The first-order chi connectivity index (χ1) is 7.54. The van der Waals surface area contributed by atoms with Crippen LogP contribution in [0.25, 0.3) is 0 Å². The Morgan fingerprint density at radius 2 is 2.19 bits per heavy atom. The smallest absolute Gasteiger partial charge is 0.211 e. The largest absolute Gasteiger partial charge is 0.371 e. The Bertz CT molecular complexity index is 297. The Hall–Kier alpha value is -0.170. The van der Waals surface area contributed by atoms with E-state index in [9.17, 15) is 8.42 Å². The van der Waals surface area contributed by atoms with Crippen LogP contribution in [0.4, 0.5) is 0 Å². The summed E-state index contributed by atoms with van der Waals surface area (Å²) in [5.74, 6) is 0.181. The first kappa shape index (κ1) is 13.9. The van der Waals surface area contributed by atoms with Gasteiger partial charge in [0.25, 0.3) is 0 Å².